The van der Waals surface area contributed by atoms with Crippen molar-refractivity contribution in [3.8, 4) is 0 Å². The van der Waals surface area contributed by atoms with Crippen molar-refractivity contribution in [1.82, 2.24) is 0 Å². The fourth-order valence-corrected chi connectivity index (χ4v) is 2.77. The summed E-state index contributed by atoms with van der Waals surface area (Å²) in [5.74, 6) is 0. The van der Waals surface area contributed by atoms with Gasteiger partial charge in [-0.1, -0.05) is 46.8 Å². The topological polar surface area (TPSA) is 29.5 Å². The molecule has 0 saturated carbocycles. The van der Waals surface area contributed by atoms with Crippen molar-refractivity contribution in [3.63, 3.8) is 0 Å². The molecule has 0 rings (SSSR count). The maximum atomic E-state index is 10.3. The molecule has 0 fully saturated rings. The first-order valence-electron chi connectivity index (χ1n) is 7.50. The van der Waals surface area contributed by atoms with Crippen LogP contribution in [0.4, 0.5) is 0 Å². The van der Waals surface area contributed by atoms with Crippen LogP contribution >= 0.6 is 0 Å². The fraction of sp³-hybridized carbons (Fsp3) is 0.875. The third-order valence-electron chi connectivity index (χ3n) is 4.62. The molecule has 0 aromatic rings. The van der Waals surface area contributed by atoms with Gasteiger partial charge in [0.15, 0.2) is 8.32 Å². The van der Waals surface area contributed by atoms with E-state index in [2.05, 4.69) is 40.4 Å². The number of rotatable bonds is 8. The molecular weight excluding hydrogens is 252 g/mol. The van der Waals surface area contributed by atoms with Gasteiger partial charge >= 0.3 is 0 Å². The lowest BCUT2D eigenvalue weighted by Crippen LogP contribution is -2.41. The first kappa shape index (κ1) is 18.9. The average molecular weight is 287 g/mol. The maximum Gasteiger partial charge on any atom is 0.191 e. The molecule has 0 spiro atoms. The van der Waals surface area contributed by atoms with E-state index in [0.29, 0.717) is 6.42 Å². The Bertz CT molecular complexity index is 286. The zero-order valence-electron chi connectivity index (χ0n) is 14.1. The second-order valence-electron chi connectivity index (χ2n) is 7.22. The first-order valence-corrected chi connectivity index (χ1v) is 10.4. The van der Waals surface area contributed by atoms with Crippen molar-refractivity contribution in [3.05, 3.63) is 12.2 Å². The Labute approximate surface area is 121 Å². The molecule has 0 aliphatic rings. The van der Waals surface area contributed by atoms with Crippen LogP contribution in [-0.2, 0) is 4.43 Å². The molecule has 3 heteroatoms. The molecule has 0 aromatic heterocycles. The van der Waals surface area contributed by atoms with Gasteiger partial charge in [0.1, 0.15) is 0 Å². The van der Waals surface area contributed by atoms with E-state index in [1.54, 1.807) is 0 Å². The van der Waals surface area contributed by atoms with Gasteiger partial charge < -0.3 is 9.53 Å². The maximum absolute atomic E-state index is 10.3. The summed E-state index contributed by atoms with van der Waals surface area (Å²) in [5.41, 5.74) is 0.526. The van der Waals surface area contributed by atoms with Crippen LogP contribution in [0.3, 0.4) is 0 Å². The molecule has 0 atom stereocenters. The van der Waals surface area contributed by atoms with Crippen LogP contribution in [0, 0.1) is 0 Å². The highest BCUT2D eigenvalue weighted by atomic mass is 28.4. The highest BCUT2D eigenvalue weighted by molar-refractivity contribution is 6.74. The van der Waals surface area contributed by atoms with Crippen LogP contribution < -0.4 is 0 Å². The first-order chi connectivity index (χ1) is 8.47. The average Bonchev–Trinajstić information content (AvgIpc) is 2.27. The normalized spacial score (nSPS) is 13.7. The Morgan fingerprint density at radius 1 is 1.16 bits per heavy atom. The number of hydrogen-bond donors (Lipinski definition) is 1. The summed E-state index contributed by atoms with van der Waals surface area (Å²) in [6.45, 7) is 20.2. The van der Waals surface area contributed by atoms with Crippen LogP contribution in [0.2, 0.25) is 18.1 Å². The van der Waals surface area contributed by atoms with Crippen LogP contribution in [-0.4, -0.2) is 25.6 Å². The third kappa shape index (κ3) is 6.24. The minimum atomic E-state index is -1.65. The van der Waals surface area contributed by atoms with Gasteiger partial charge in [0.25, 0.3) is 0 Å². The highest BCUT2D eigenvalue weighted by Gasteiger charge is 2.36. The van der Waals surface area contributed by atoms with Crippen LogP contribution in [0.15, 0.2) is 12.2 Å². The standard InChI is InChI=1S/C16H34O2Si/c1-9-16(17,10-2)13-14(3)11-12-18-19(7,8)15(4,5)6/h17H,3,9-13H2,1-2,4-8H3. The monoisotopic (exact) mass is 286 g/mol. The van der Waals surface area contributed by atoms with E-state index in [4.69, 9.17) is 4.43 Å². The van der Waals surface area contributed by atoms with Crippen molar-refractivity contribution in [2.45, 2.75) is 84.0 Å². The van der Waals surface area contributed by atoms with Gasteiger partial charge in [0.05, 0.1) is 5.60 Å². The third-order valence-corrected chi connectivity index (χ3v) is 9.16. The molecule has 0 unspecified atom stereocenters. The molecule has 0 amide bonds. The van der Waals surface area contributed by atoms with E-state index in [9.17, 15) is 5.11 Å². The van der Waals surface area contributed by atoms with E-state index >= 15 is 0 Å². The van der Waals surface area contributed by atoms with Crippen molar-refractivity contribution < 1.29 is 9.53 Å². The Morgan fingerprint density at radius 3 is 2.00 bits per heavy atom. The van der Waals surface area contributed by atoms with Gasteiger partial charge in [-0.15, -0.1) is 0 Å². The van der Waals surface area contributed by atoms with E-state index < -0.39 is 13.9 Å². The minimum Gasteiger partial charge on any atom is -0.417 e. The van der Waals surface area contributed by atoms with Crippen molar-refractivity contribution in [2.24, 2.45) is 0 Å². The molecule has 1 N–H and O–H groups in total. The minimum absolute atomic E-state index is 0.252. The number of aliphatic hydroxyl groups is 1. The van der Waals surface area contributed by atoms with Gasteiger partial charge in [-0.2, -0.15) is 0 Å². The Morgan fingerprint density at radius 2 is 1.63 bits per heavy atom. The lowest BCUT2D eigenvalue weighted by molar-refractivity contribution is 0.0317. The summed E-state index contributed by atoms with van der Waals surface area (Å²) in [5, 5.41) is 10.5. The lowest BCUT2D eigenvalue weighted by atomic mass is 9.89. The van der Waals surface area contributed by atoms with Crippen molar-refractivity contribution in [1.29, 1.82) is 0 Å². The van der Waals surface area contributed by atoms with Gasteiger partial charge in [-0.05, 0) is 43.8 Å². The largest absolute Gasteiger partial charge is 0.417 e. The molecule has 0 bridgehead atoms. The molecule has 0 radical (unpaired) electrons. The van der Waals surface area contributed by atoms with Gasteiger partial charge in [-0.3, -0.25) is 0 Å². The van der Waals surface area contributed by atoms with Crippen molar-refractivity contribution >= 4 is 8.32 Å². The predicted molar refractivity (Wildman–Crippen MR) is 87.1 cm³/mol. The number of hydrogen-bond acceptors (Lipinski definition) is 2. The van der Waals surface area contributed by atoms with E-state index in [-0.39, 0.29) is 5.04 Å². The van der Waals surface area contributed by atoms with Crippen LogP contribution in [0.1, 0.15) is 60.3 Å². The second-order valence-corrected chi connectivity index (χ2v) is 12.0. The molecule has 0 heterocycles. The summed E-state index contributed by atoms with van der Waals surface area (Å²) in [6.07, 6.45) is 3.12. The molecule has 0 aliphatic heterocycles. The zero-order valence-corrected chi connectivity index (χ0v) is 15.1. The van der Waals surface area contributed by atoms with Gasteiger partial charge in [0.2, 0.25) is 0 Å². The predicted octanol–water partition coefficient (Wildman–Crippen LogP) is 4.90. The Balaban J connectivity index is 4.20. The Hall–Kier alpha value is -0.123. The second kappa shape index (κ2) is 7.05. The molecular formula is C16H34O2Si. The molecule has 2 nitrogen and oxygen atoms in total. The quantitative estimate of drug-likeness (QED) is 0.508. The fourth-order valence-electron chi connectivity index (χ4n) is 1.72. The van der Waals surface area contributed by atoms with E-state index in [1.165, 1.54) is 0 Å². The van der Waals surface area contributed by atoms with E-state index in [0.717, 1.165) is 31.4 Å². The van der Waals surface area contributed by atoms with Crippen LogP contribution in [0.5, 0.6) is 0 Å². The molecule has 114 valence electrons. The summed E-state index contributed by atoms with van der Waals surface area (Å²) >= 11 is 0. The molecule has 0 saturated heterocycles. The van der Waals surface area contributed by atoms with Gasteiger partial charge in [0, 0.05) is 6.61 Å². The van der Waals surface area contributed by atoms with Crippen molar-refractivity contribution in [2.75, 3.05) is 6.61 Å². The van der Waals surface area contributed by atoms with Gasteiger partial charge in [-0.25, -0.2) is 0 Å². The highest BCUT2D eigenvalue weighted by Crippen LogP contribution is 2.36. The molecule has 0 aromatic carbocycles. The summed E-state index contributed by atoms with van der Waals surface area (Å²) in [6, 6.07) is 0. The van der Waals surface area contributed by atoms with Crippen LogP contribution in [0.25, 0.3) is 0 Å². The SMILES string of the molecule is C=C(CCO[Si](C)(C)C(C)(C)C)CC(O)(CC)CC. The molecule has 0 aliphatic carbocycles. The summed E-state index contributed by atoms with van der Waals surface area (Å²) in [4.78, 5) is 0. The zero-order chi connectivity index (χ0) is 15.3. The molecule has 19 heavy (non-hydrogen) atoms. The Kier molecular flexibility index (Phi) is 7.00. The smallest absolute Gasteiger partial charge is 0.191 e. The summed E-state index contributed by atoms with van der Waals surface area (Å²) in [7, 11) is -1.65. The lowest BCUT2D eigenvalue weighted by Gasteiger charge is -2.36. The summed E-state index contributed by atoms with van der Waals surface area (Å²) < 4.78 is 6.14. The van der Waals surface area contributed by atoms with E-state index in [1.807, 2.05) is 13.8 Å².